The van der Waals surface area contributed by atoms with Crippen LogP contribution in [0.2, 0.25) is 5.02 Å². The summed E-state index contributed by atoms with van der Waals surface area (Å²) in [6, 6.07) is 16.3. The van der Waals surface area contributed by atoms with E-state index in [0.29, 0.717) is 10.8 Å². The molecule has 5 heteroatoms. The molecule has 0 aromatic heterocycles. The van der Waals surface area contributed by atoms with Crippen molar-refractivity contribution in [2.75, 3.05) is 0 Å². The zero-order chi connectivity index (χ0) is 15.1. The van der Waals surface area contributed by atoms with E-state index >= 15 is 0 Å². The van der Waals surface area contributed by atoms with Crippen LogP contribution in [0.1, 0.15) is 12.5 Å². The Labute approximate surface area is 128 Å². The second-order valence-electron chi connectivity index (χ2n) is 4.36. The SMILES string of the molecule is C[C@@H](Oc1ccc(Cl)cc1)C(=O)N/N=C/c1ccccc1. The number of hydrogen-bond acceptors (Lipinski definition) is 3. The van der Waals surface area contributed by atoms with Gasteiger partial charge in [-0.25, -0.2) is 5.43 Å². The van der Waals surface area contributed by atoms with Crippen LogP contribution in [-0.4, -0.2) is 18.2 Å². The lowest BCUT2D eigenvalue weighted by Gasteiger charge is -2.12. The molecule has 0 spiro atoms. The summed E-state index contributed by atoms with van der Waals surface area (Å²) in [5.41, 5.74) is 3.35. The normalized spacial score (nSPS) is 12.1. The smallest absolute Gasteiger partial charge is 0.280 e. The number of halogens is 1. The minimum absolute atomic E-state index is 0.322. The fourth-order valence-corrected chi connectivity index (χ4v) is 1.70. The Morgan fingerprint density at radius 1 is 1.19 bits per heavy atom. The molecule has 2 rings (SSSR count). The number of carbonyl (C=O) groups is 1. The van der Waals surface area contributed by atoms with E-state index < -0.39 is 6.10 Å². The van der Waals surface area contributed by atoms with E-state index in [1.54, 1.807) is 37.4 Å². The molecule has 4 nitrogen and oxygen atoms in total. The molecule has 2 aromatic rings. The lowest BCUT2D eigenvalue weighted by atomic mass is 10.2. The van der Waals surface area contributed by atoms with E-state index in [-0.39, 0.29) is 5.91 Å². The third-order valence-electron chi connectivity index (χ3n) is 2.68. The highest BCUT2D eigenvalue weighted by Crippen LogP contribution is 2.16. The molecule has 0 aliphatic carbocycles. The van der Waals surface area contributed by atoms with Gasteiger partial charge in [0, 0.05) is 5.02 Å². The van der Waals surface area contributed by atoms with E-state index in [1.165, 1.54) is 0 Å². The molecule has 0 aliphatic heterocycles. The highest BCUT2D eigenvalue weighted by molar-refractivity contribution is 6.30. The van der Waals surface area contributed by atoms with Gasteiger partial charge in [-0.3, -0.25) is 4.79 Å². The fraction of sp³-hybridized carbons (Fsp3) is 0.125. The van der Waals surface area contributed by atoms with Gasteiger partial charge in [-0.15, -0.1) is 0 Å². The molecule has 0 fully saturated rings. The monoisotopic (exact) mass is 302 g/mol. The standard InChI is InChI=1S/C16H15ClN2O2/c1-12(21-15-9-7-14(17)8-10-15)16(20)19-18-11-13-5-3-2-4-6-13/h2-12H,1H3,(H,19,20)/b18-11+/t12-/m1/s1. The lowest BCUT2D eigenvalue weighted by Crippen LogP contribution is -2.33. The number of rotatable bonds is 5. The van der Waals surface area contributed by atoms with Crippen LogP contribution in [0.15, 0.2) is 59.7 Å². The third kappa shape index (κ3) is 4.93. The molecule has 0 unspecified atom stereocenters. The summed E-state index contributed by atoms with van der Waals surface area (Å²) in [7, 11) is 0. The number of hydrogen-bond donors (Lipinski definition) is 1. The number of nitrogens with zero attached hydrogens (tertiary/aromatic N) is 1. The van der Waals surface area contributed by atoms with Crippen molar-refractivity contribution >= 4 is 23.7 Å². The van der Waals surface area contributed by atoms with Crippen molar-refractivity contribution in [3.63, 3.8) is 0 Å². The molecule has 0 heterocycles. The van der Waals surface area contributed by atoms with Gasteiger partial charge in [-0.2, -0.15) is 5.10 Å². The van der Waals surface area contributed by atoms with Crippen LogP contribution in [0.25, 0.3) is 0 Å². The highest BCUT2D eigenvalue weighted by atomic mass is 35.5. The second kappa shape index (κ2) is 7.45. The number of ether oxygens (including phenoxy) is 1. The molecule has 1 N–H and O–H groups in total. The van der Waals surface area contributed by atoms with Crippen molar-refractivity contribution in [3.05, 3.63) is 65.2 Å². The molecule has 1 atom stereocenters. The van der Waals surface area contributed by atoms with Gasteiger partial charge in [0.05, 0.1) is 6.21 Å². The van der Waals surface area contributed by atoms with Crippen molar-refractivity contribution in [1.82, 2.24) is 5.43 Å². The molecule has 0 aliphatic rings. The Morgan fingerprint density at radius 3 is 2.52 bits per heavy atom. The molecule has 0 saturated heterocycles. The Hall–Kier alpha value is -2.33. The number of nitrogens with one attached hydrogen (secondary N) is 1. The van der Waals surface area contributed by atoms with Gasteiger partial charge in [0.15, 0.2) is 6.10 Å². The first-order valence-corrected chi connectivity index (χ1v) is 6.83. The van der Waals surface area contributed by atoms with Crippen LogP contribution in [0.5, 0.6) is 5.75 Å². The van der Waals surface area contributed by atoms with E-state index in [2.05, 4.69) is 10.5 Å². The maximum atomic E-state index is 11.8. The highest BCUT2D eigenvalue weighted by Gasteiger charge is 2.13. The maximum Gasteiger partial charge on any atom is 0.280 e. The average Bonchev–Trinajstić information content (AvgIpc) is 2.50. The van der Waals surface area contributed by atoms with E-state index in [4.69, 9.17) is 16.3 Å². The topological polar surface area (TPSA) is 50.7 Å². The van der Waals surface area contributed by atoms with Crippen LogP contribution in [0.4, 0.5) is 0 Å². The summed E-state index contributed by atoms with van der Waals surface area (Å²) in [6.45, 7) is 1.65. The van der Waals surface area contributed by atoms with Gasteiger partial charge in [-0.1, -0.05) is 41.9 Å². The van der Waals surface area contributed by atoms with Gasteiger partial charge >= 0.3 is 0 Å². The fourth-order valence-electron chi connectivity index (χ4n) is 1.57. The largest absolute Gasteiger partial charge is 0.481 e. The summed E-state index contributed by atoms with van der Waals surface area (Å²) >= 11 is 5.78. The van der Waals surface area contributed by atoms with Gasteiger partial charge in [0.1, 0.15) is 5.75 Å². The summed E-state index contributed by atoms with van der Waals surface area (Å²) in [5.74, 6) is 0.256. The predicted octanol–water partition coefficient (Wildman–Crippen LogP) is 3.26. The summed E-state index contributed by atoms with van der Waals surface area (Å²) in [5, 5.41) is 4.51. The van der Waals surface area contributed by atoms with Gasteiger partial charge < -0.3 is 4.74 Å². The van der Waals surface area contributed by atoms with Crippen molar-refractivity contribution in [2.24, 2.45) is 5.10 Å². The van der Waals surface area contributed by atoms with Crippen LogP contribution in [0, 0.1) is 0 Å². The minimum Gasteiger partial charge on any atom is -0.481 e. The average molecular weight is 303 g/mol. The van der Waals surface area contributed by atoms with Gasteiger partial charge in [0.2, 0.25) is 0 Å². The molecule has 108 valence electrons. The van der Waals surface area contributed by atoms with Crippen LogP contribution < -0.4 is 10.2 Å². The van der Waals surface area contributed by atoms with E-state index in [1.807, 2.05) is 30.3 Å². The quantitative estimate of drug-likeness (QED) is 0.681. The van der Waals surface area contributed by atoms with Gasteiger partial charge in [-0.05, 0) is 36.8 Å². The Bertz CT molecular complexity index is 612. The zero-order valence-electron chi connectivity index (χ0n) is 11.5. The van der Waals surface area contributed by atoms with Crippen LogP contribution in [-0.2, 0) is 4.79 Å². The maximum absolute atomic E-state index is 11.8. The number of hydrazone groups is 1. The van der Waals surface area contributed by atoms with Crippen LogP contribution >= 0.6 is 11.6 Å². The first-order chi connectivity index (χ1) is 10.1. The third-order valence-corrected chi connectivity index (χ3v) is 2.94. The first kappa shape index (κ1) is 15.1. The second-order valence-corrected chi connectivity index (χ2v) is 4.80. The van der Waals surface area contributed by atoms with Crippen molar-refractivity contribution < 1.29 is 9.53 Å². The number of carbonyl (C=O) groups excluding carboxylic acids is 1. The summed E-state index contributed by atoms with van der Waals surface area (Å²) in [4.78, 5) is 11.8. The van der Waals surface area contributed by atoms with Crippen molar-refractivity contribution in [2.45, 2.75) is 13.0 Å². The Morgan fingerprint density at radius 2 is 1.86 bits per heavy atom. The number of benzene rings is 2. The summed E-state index contributed by atoms with van der Waals surface area (Å²) in [6.07, 6.45) is 0.923. The van der Waals surface area contributed by atoms with Crippen LogP contribution in [0.3, 0.4) is 0 Å². The molecule has 0 radical (unpaired) electrons. The molecule has 0 saturated carbocycles. The first-order valence-electron chi connectivity index (χ1n) is 6.45. The lowest BCUT2D eigenvalue weighted by molar-refractivity contribution is -0.127. The molecule has 2 aromatic carbocycles. The summed E-state index contributed by atoms with van der Waals surface area (Å²) < 4.78 is 5.49. The molecular weight excluding hydrogens is 288 g/mol. The molecule has 0 bridgehead atoms. The van der Waals surface area contributed by atoms with E-state index in [9.17, 15) is 4.79 Å². The minimum atomic E-state index is -0.654. The Balaban J connectivity index is 1.85. The van der Waals surface area contributed by atoms with Crippen molar-refractivity contribution in [1.29, 1.82) is 0 Å². The zero-order valence-corrected chi connectivity index (χ0v) is 12.2. The Kier molecular flexibility index (Phi) is 5.35. The molecule has 21 heavy (non-hydrogen) atoms. The van der Waals surface area contributed by atoms with Gasteiger partial charge in [0.25, 0.3) is 5.91 Å². The predicted molar refractivity (Wildman–Crippen MR) is 83.7 cm³/mol. The molecular formula is C16H15ClN2O2. The molecule has 1 amide bonds. The van der Waals surface area contributed by atoms with E-state index in [0.717, 1.165) is 5.56 Å². The number of amides is 1. The van der Waals surface area contributed by atoms with Crippen molar-refractivity contribution in [3.8, 4) is 5.75 Å².